The molecule has 15 heavy (non-hydrogen) atoms. The Bertz CT molecular complexity index is 149. The molecular formula is C12H26N2O. The quantitative estimate of drug-likeness (QED) is 0.558. The summed E-state index contributed by atoms with van der Waals surface area (Å²) >= 11 is 0. The molecule has 1 fully saturated rings. The molecule has 0 bridgehead atoms. The Labute approximate surface area is 94.2 Å². The lowest BCUT2D eigenvalue weighted by molar-refractivity contribution is 0.149. The second kappa shape index (κ2) is 8.08. The predicted molar refractivity (Wildman–Crippen MR) is 64.2 cm³/mol. The Morgan fingerprint density at radius 3 is 2.67 bits per heavy atom. The van der Waals surface area contributed by atoms with Gasteiger partial charge in [-0.25, -0.2) is 0 Å². The van der Waals surface area contributed by atoms with Crippen LogP contribution in [0.15, 0.2) is 0 Å². The van der Waals surface area contributed by atoms with Gasteiger partial charge in [-0.05, 0) is 45.3 Å². The molecule has 0 saturated heterocycles. The molecule has 3 heteroatoms. The van der Waals surface area contributed by atoms with Gasteiger partial charge in [0.2, 0.25) is 0 Å². The molecule has 0 radical (unpaired) electrons. The summed E-state index contributed by atoms with van der Waals surface area (Å²) in [6.07, 6.45) is 5.40. The van der Waals surface area contributed by atoms with Crippen LogP contribution in [0.3, 0.4) is 0 Å². The minimum atomic E-state index is 0.855. The fraction of sp³-hybridized carbons (Fsp3) is 1.00. The van der Waals surface area contributed by atoms with Gasteiger partial charge in [0.1, 0.15) is 0 Å². The lowest BCUT2D eigenvalue weighted by Crippen LogP contribution is -2.29. The molecule has 0 spiro atoms. The van der Waals surface area contributed by atoms with E-state index in [0.717, 1.165) is 25.7 Å². The smallest absolute Gasteiger partial charge is 0.0589 e. The predicted octanol–water partition coefficient (Wildman–Crippen LogP) is 1.49. The summed E-state index contributed by atoms with van der Waals surface area (Å²) in [5.41, 5.74) is 0. The second-order valence-corrected chi connectivity index (χ2v) is 4.36. The maximum atomic E-state index is 5.09. The van der Waals surface area contributed by atoms with Gasteiger partial charge in [-0.3, -0.25) is 0 Å². The van der Waals surface area contributed by atoms with Crippen LogP contribution in [0.5, 0.6) is 0 Å². The van der Waals surface area contributed by atoms with Crippen molar-refractivity contribution in [2.24, 2.45) is 0 Å². The molecule has 1 N–H and O–H groups in total. The molecule has 90 valence electrons. The van der Waals surface area contributed by atoms with Crippen LogP contribution >= 0.6 is 0 Å². The second-order valence-electron chi connectivity index (χ2n) is 4.36. The topological polar surface area (TPSA) is 24.5 Å². The van der Waals surface area contributed by atoms with Gasteiger partial charge in [0, 0.05) is 19.7 Å². The first kappa shape index (κ1) is 12.9. The van der Waals surface area contributed by atoms with Gasteiger partial charge >= 0.3 is 0 Å². The summed E-state index contributed by atoms with van der Waals surface area (Å²) in [4.78, 5) is 2.46. The van der Waals surface area contributed by atoms with E-state index in [0.29, 0.717) is 0 Å². The zero-order valence-corrected chi connectivity index (χ0v) is 10.3. The van der Waals surface area contributed by atoms with Crippen LogP contribution in [0.25, 0.3) is 0 Å². The van der Waals surface area contributed by atoms with E-state index >= 15 is 0 Å². The molecule has 0 aromatic rings. The lowest BCUT2D eigenvalue weighted by Gasteiger charge is -2.19. The van der Waals surface area contributed by atoms with E-state index < -0.39 is 0 Å². The molecule has 1 saturated carbocycles. The number of hydrogen-bond acceptors (Lipinski definition) is 3. The van der Waals surface area contributed by atoms with Gasteiger partial charge < -0.3 is 15.0 Å². The summed E-state index contributed by atoms with van der Waals surface area (Å²) in [5.74, 6) is 0. The average Bonchev–Trinajstić information content (AvgIpc) is 3.06. The van der Waals surface area contributed by atoms with E-state index in [4.69, 9.17) is 4.74 Å². The molecule has 0 aromatic heterocycles. The van der Waals surface area contributed by atoms with E-state index in [1.807, 2.05) is 0 Å². The minimum absolute atomic E-state index is 0.855. The van der Waals surface area contributed by atoms with Gasteiger partial charge in [-0.2, -0.15) is 0 Å². The van der Waals surface area contributed by atoms with Crippen LogP contribution in [-0.2, 0) is 4.74 Å². The van der Waals surface area contributed by atoms with E-state index in [1.54, 1.807) is 7.11 Å². The summed E-state index contributed by atoms with van der Waals surface area (Å²) in [6, 6.07) is 0.862. The molecule has 0 unspecified atom stereocenters. The number of hydrogen-bond donors (Lipinski definition) is 1. The highest BCUT2D eigenvalue weighted by molar-refractivity contribution is 4.80. The molecule has 3 nitrogen and oxygen atoms in total. The van der Waals surface area contributed by atoms with Gasteiger partial charge in [-0.15, -0.1) is 0 Å². The minimum Gasteiger partial charge on any atom is -0.383 e. The fourth-order valence-corrected chi connectivity index (χ4v) is 1.70. The number of nitrogens with zero attached hydrogens (tertiary/aromatic N) is 1. The first-order chi connectivity index (χ1) is 7.36. The zero-order chi connectivity index (χ0) is 10.9. The Balaban J connectivity index is 1.86. The summed E-state index contributed by atoms with van der Waals surface area (Å²) in [6.45, 7) is 7.70. The fourth-order valence-electron chi connectivity index (χ4n) is 1.70. The third kappa shape index (κ3) is 6.88. The molecule has 0 aliphatic heterocycles. The molecule has 1 aliphatic rings. The standard InChI is InChI=1S/C12H26N2O/c1-3-14(10-11-15-2)9-5-4-8-13-12-6-7-12/h12-13H,3-11H2,1-2H3. The molecule has 1 aliphatic carbocycles. The summed E-state index contributed by atoms with van der Waals surface area (Å²) < 4.78 is 5.09. The van der Waals surface area contributed by atoms with Crippen LogP contribution in [-0.4, -0.2) is 50.8 Å². The number of nitrogens with one attached hydrogen (secondary N) is 1. The van der Waals surface area contributed by atoms with Crippen molar-refractivity contribution in [1.29, 1.82) is 0 Å². The highest BCUT2D eigenvalue weighted by Gasteiger charge is 2.19. The Hall–Kier alpha value is -0.120. The van der Waals surface area contributed by atoms with Crippen molar-refractivity contribution in [3.05, 3.63) is 0 Å². The molecule has 0 atom stereocenters. The zero-order valence-electron chi connectivity index (χ0n) is 10.3. The average molecular weight is 214 g/mol. The molecule has 0 aromatic carbocycles. The largest absolute Gasteiger partial charge is 0.383 e. The van der Waals surface area contributed by atoms with Crippen molar-refractivity contribution in [2.45, 2.75) is 38.6 Å². The number of unbranched alkanes of at least 4 members (excludes halogenated alkanes) is 1. The van der Waals surface area contributed by atoms with Gasteiger partial charge in [0.05, 0.1) is 6.61 Å². The SMILES string of the molecule is CCN(CCCCNC1CC1)CCOC. The number of methoxy groups -OCH3 is 1. The van der Waals surface area contributed by atoms with Crippen molar-refractivity contribution < 1.29 is 4.74 Å². The number of rotatable bonds is 10. The third-order valence-electron chi connectivity index (χ3n) is 2.97. The molecule has 1 rings (SSSR count). The Morgan fingerprint density at radius 2 is 2.07 bits per heavy atom. The van der Waals surface area contributed by atoms with Crippen molar-refractivity contribution >= 4 is 0 Å². The maximum Gasteiger partial charge on any atom is 0.0589 e. The van der Waals surface area contributed by atoms with Gasteiger partial charge in [0.15, 0.2) is 0 Å². The maximum absolute atomic E-state index is 5.09. The van der Waals surface area contributed by atoms with Gasteiger partial charge in [-0.1, -0.05) is 6.92 Å². The summed E-state index contributed by atoms with van der Waals surface area (Å²) in [7, 11) is 1.77. The third-order valence-corrected chi connectivity index (χ3v) is 2.97. The number of ether oxygens (including phenoxy) is 1. The first-order valence-electron chi connectivity index (χ1n) is 6.31. The number of likely N-dealkylation sites (N-methyl/N-ethyl adjacent to an activating group) is 1. The molecule has 0 amide bonds. The Morgan fingerprint density at radius 1 is 1.27 bits per heavy atom. The first-order valence-corrected chi connectivity index (χ1v) is 6.31. The van der Waals surface area contributed by atoms with Crippen LogP contribution in [0.1, 0.15) is 32.6 Å². The lowest BCUT2D eigenvalue weighted by atomic mass is 10.3. The van der Waals surface area contributed by atoms with Crippen molar-refractivity contribution in [2.75, 3.05) is 39.9 Å². The van der Waals surface area contributed by atoms with Crippen LogP contribution in [0, 0.1) is 0 Å². The monoisotopic (exact) mass is 214 g/mol. The molecular weight excluding hydrogens is 188 g/mol. The van der Waals surface area contributed by atoms with Crippen molar-refractivity contribution in [3.8, 4) is 0 Å². The Kier molecular flexibility index (Phi) is 6.98. The van der Waals surface area contributed by atoms with E-state index in [1.165, 1.54) is 38.8 Å². The van der Waals surface area contributed by atoms with E-state index in [-0.39, 0.29) is 0 Å². The van der Waals surface area contributed by atoms with Crippen molar-refractivity contribution in [3.63, 3.8) is 0 Å². The highest BCUT2D eigenvalue weighted by Crippen LogP contribution is 2.18. The van der Waals surface area contributed by atoms with Gasteiger partial charge in [0.25, 0.3) is 0 Å². The van der Waals surface area contributed by atoms with Crippen LogP contribution in [0.4, 0.5) is 0 Å². The normalized spacial score (nSPS) is 16.2. The van der Waals surface area contributed by atoms with E-state index in [9.17, 15) is 0 Å². The van der Waals surface area contributed by atoms with Crippen molar-refractivity contribution in [1.82, 2.24) is 10.2 Å². The van der Waals surface area contributed by atoms with Crippen LogP contribution < -0.4 is 5.32 Å². The van der Waals surface area contributed by atoms with Crippen LogP contribution in [0.2, 0.25) is 0 Å². The highest BCUT2D eigenvalue weighted by atomic mass is 16.5. The summed E-state index contributed by atoms with van der Waals surface area (Å²) in [5, 5.41) is 3.55. The molecule has 0 heterocycles. The van der Waals surface area contributed by atoms with E-state index in [2.05, 4.69) is 17.1 Å².